The van der Waals surface area contributed by atoms with E-state index in [1.807, 2.05) is 12.1 Å². The third-order valence-electron chi connectivity index (χ3n) is 5.65. The van der Waals surface area contributed by atoms with Gasteiger partial charge in [-0.2, -0.15) is 0 Å². The van der Waals surface area contributed by atoms with E-state index in [0.29, 0.717) is 27.6 Å². The number of halogens is 1. The number of benzene rings is 1. The van der Waals surface area contributed by atoms with Crippen LogP contribution in [0.25, 0.3) is 0 Å². The van der Waals surface area contributed by atoms with Crippen molar-refractivity contribution in [2.24, 2.45) is 10.9 Å². The molecule has 1 saturated heterocycles. The van der Waals surface area contributed by atoms with Crippen molar-refractivity contribution >= 4 is 29.3 Å². The summed E-state index contributed by atoms with van der Waals surface area (Å²) in [6.07, 6.45) is 1.87. The van der Waals surface area contributed by atoms with E-state index in [1.54, 1.807) is 26.0 Å². The lowest BCUT2D eigenvalue weighted by Crippen LogP contribution is -2.38. The molecule has 0 spiro atoms. The minimum Gasteiger partial charge on any atom is -0.468 e. The number of hydrogen-bond donors (Lipinski definition) is 1. The predicted octanol–water partition coefficient (Wildman–Crippen LogP) is 3.27. The molecule has 0 saturated carbocycles. The van der Waals surface area contributed by atoms with Crippen molar-refractivity contribution in [3.63, 3.8) is 0 Å². The zero-order chi connectivity index (χ0) is 22.4. The second-order valence-corrected chi connectivity index (χ2v) is 8.00. The van der Waals surface area contributed by atoms with Gasteiger partial charge in [-0.25, -0.2) is 4.79 Å². The fraction of sp³-hybridized carbons (Fsp3) is 0.522. The van der Waals surface area contributed by atoms with Crippen molar-refractivity contribution in [1.29, 1.82) is 0 Å². The summed E-state index contributed by atoms with van der Waals surface area (Å²) in [5.74, 6) is -2.47. The topological polar surface area (TPSA) is 86.2 Å². The largest absolute Gasteiger partial charge is 0.468 e. The zero-order valence-electron chi connectivity index (χ0n) is 18.2. The Kier molecular flexibility index (Phi) is 8.23. The third-order valence-corrected chi connectivity index (χ3v) is 5.99. The maximum absolute atomic E-state index is 13.1. The average molecular weight is 449 g/mol. The van der Waals surface area contributed by atoms with Gasteiger partial charge in [0.25, 0.3) is 0 Å². The van der Waals surface area contributed by atoms with E-state index in [4.69, 9.17) is 25.8 Å². The number of hydrogen-bond acceptors (Lipinski definition) is 7. The highest BCUT2D eigenvalue weighted by Crippen LogP contribution is 2.42. The molecule has 31 heavy (non-hydrogen) atoms. The van der Waals surface area contributed by atoms with Crippen molar-refractivity contribution in [2.75, 3.05) is 33.4 Å². The Morgan fingerprint density at radius 3 is 2.58 bits per heavy atom. The number of esters is 2. The molecule has 0 aliphatic carbocycles. The van der Waals surface area contributed by atoms with E-state index in [0.717, 1.165) is 25.9 Å². The monoisotopic (exact) mass is 448 g/mol. The van der Waals surface area contributed by atoms with Crippen molar-refractivity contribution in [3.05, 3.63) is 46.1 Å². The molecule has 0 amide bonds. The number of ether oxygens (including phenoxy) is 3. The van der Waals surface area contributed by atoms with Gasteiger partial charge in [-0.3, -0.25) is 9.79 Å². The quantitative estimate of drug-likeness (QED) is 0.644. The molecule has 2 atom stereocenters. The SMILES string of the molecule is CCOC(=O)C1=C(COC2CCNCC2)N=C(C)C(C(=O)OC)C1c1ccccc1Cl. The van der Waals surface area contributed by atoms with E-state index in [2.05, 4.69) is 10.3 Å². The van der Waals surface area contributed by atoms with E-state index in [1.165, 1.54) is 7.11 Å². The van der Waals surface area contributed by atoms with Crippen LogP contribution in [0.5, 0.6) is 0 Å². The molecule has 0 radical (unpaired) electrons. The molecule has 8 heteroatoms. The molecule has 1 aromatic carbocycles. The Hall–Kier alpha value is -2.22. The van der Waals surface area contributed by atoms with Crippen LogP contribution in [-0.4, -0.2) is 57.2 Å². The highest BCUT2D eigenvalue weighted by Gasteiger charge is 2.43. The summed E-state index contributed by atoms with van der Waals surface area (Å²) < 4.78 is 16.5. The molecule has 0 bridgehead atoms. The molecule has 1 aromatic rings. The first-order chi connectivity index (χ1) is 15.0. The van der Waals surface area contributed by atoms with Crippen LogP contribution in [0.3, 0.4) is 0 Å². The summed E-state index contributed by atoms with van der Waals surface area (Å²) in [6.45, 7) is 5.64. The Labute approximate surface area is 187 Å². The van der Waals surface area contributed by atoms with Crippen LogP contribution >= 0.6 is 11.6 Å². The van der Waals surface area contributed by atoms with Gasteiger partial charge in [-0.15, -0.1) is 0 Å². The number of carbonyl (C=O) groups is 2. The molecule has 168 valence electrons. The van der Waals surface area contributed by atoms with E-state index in [9.17, 15) is 9.59 Å². The molecule has 2 unspecified atom stereocenters. The Morgan fingerprint density at radius 2 is 1.94 bits per heavy atom. The normalized spacial score (nSPS) is 22.1. The summed E-state index contributed by atoms with van der Waals surface area (Å²) in [4.78, 5) is 30.5. The van der Waals surface area contributed by atoms with Gasteiger partial charge in [-0.1, -0.05) is 29.8 Å². The molecule has 1 N–H and O–H groups in total. The summed E-state index contributed by atoms with van der Waals surface area (Å²) in [5, 5.41) is 3.76. The number of rotatable bonds is 7. The second-order valence-electron chi connectivity index (χ2n) is 7.59. The molecule has 2 aliphatic rings. The summed E-state index contributed by atoms with van der Waals surface area (Å²) in [6, 6.07) is 7.18. The van der Waals surface area contributed by atoms with Crippen LogP contribution in [0.2, 0.25) is 5.02 Å². The molecule has 3 rings (SSSR count). The van der Waals surface area contributed by atoms with Crippen LogP contribution < -0.4 is 5.32 Å². The van der Waals surface area contributed by atoms with Crippen molar-refractivity contribution in [1.82, 2.24) is 5.32 Å². The van der Waals surface area contributed by atoms with Gasteiger partial charge in [0.15, 0.2) is 0 Å². The van der Waals surface area contributed by atoms with Crippen molar-refractivity contribution < 1.29 is 23.8 Å². The van der Waals surface area contributed by atoms with Gasteiger partial charge in [0.1, 0.15) is 5.92 Å². The van der Waals surface area contributed by atoms with E-state index < -0.39 is 23.8 Å². The Balaban J connectivity index is 2.08. The van der Waals surface area contributed by atoms with E-state index >= 15 is 0 Å². The zero-order valence-corrected chi connectivity index (χ0v) is 18.9. The molecule has 2 heterocycles. The second kappa shape index (κ2) is 10.9. The first-order valence-corrected chi connectivity index (χ1v) is 11.0. The van der Waals surface area contributed by atoms with Gasteiger partial charge >= 0.3 is 11.9 Å². The minimum absolute atomic E-state index is 0.0878. The first kappa shape index (κ1) is 23.4. The minimum atomic E-state index is -0.785. The van der Waals surface area contributed by atoms with Gasteiger partial charge in [0, 0.05) is 16.7 Å². The smallest absolute Gasteiger partial charge is 0.336 e. The number of aliphatic imine (C=N–C) groups is 1. The summed E-state index contributed by atoms with van der Waals surface area (Å²) in [5.41, 5.74) is 1.97. The average Bonchev–Trinajstić information content (AvgIpc) is 2.78. The fourth-order valence-corrected chi connectivity index (χ4v) is 4.40. The molecule has 0 aromatic heterocycles. The van der Waals surface area contributed by atoms with Crippen LogP contribution in [0.15, 0.2) is 40.5 Å². The van der Waals surface area contributed by atoms with Crippen molar-refractivity contribution in [3.8, 4) is 0 Å². The lowest BCUT2D eigenvalue weighted by molar-refractivity contribution is -0.144. The maximum atomic E-state index is 13.1. The van der Waals surface area contributed by atoms with Gasteiger partial charge in [0.05, 0.1) is 37.7 Å². The molecule has 2 aliphatic heterocycles. The van der Waals surface area contributed by atoms with Crippen molar-refractivity contribution in [2.45, 2.75) is 38.7 Å². The lowest BCUT2D eigenvalue weighted by Gasteiger charge is -2.33. The Bertz CT molecular complexity index is 876. The molecule has 1 fully saturated rings. The number of piperidine rings is 1. The number of nitrogens with one attached hydrogen (secondary N) is 1. The molecular formula is C23H29ClN2O5. The van der Waals surface area contributed by atoms with Crippen LogP contribution in [0, 0.1) is 5.92 Å². The number of methoxy groups -OCH3 is 1. The van der Waals surface area contributed by atoms with Gasteiger partial charge in [-0.05, 0) is 51.4 Å². The maximum Gasteiger partial charge on any atom is 0.336 e. The standard InChI is InChI=1S/C23H29ClN2O5/c1-4-30-23(28)21-18(13-31-15-9-11-25-12-10-15)26-14(2)19(22(27)29-3)20(21)16-7-5-6-8-17(16)24/h5-8,15,19-20,25H,4,9-13H2,1-3H3. The highest BCUT2D eigenvalue weighted by molar-refractivity contribution is 6.31. The molecular weight excluding hydrogens is 420 g/mol. The Morgan fingerprint density at radius 1 is 1.23 bits per heavy atom. The predicted molar refractivity (Wildman–Crippen MR) is 118 cm³/mol. The first-order valence-electron chi connectivity index (χ1n) is 10.6. The van der Waals surface area contributed by atoms with Gasteiger partial charge in [0.2, 0.25) is 0 Å². The summed E-state index contributed by atoms with van der Waals surface area (Å²) >= 11 is 6.51. The fourth-order valence-electron chi connectivity index (χ4n) is 4.15. The van der Waals surface area contributed by atoms with Crippen LogP contribution in [0.1, 0.15) is 38.2 Å². The van der Waals surface area contributed by atoms with E-state index in [-0.39, 0.29) is 19.3 Å². The number of carbonyl (C=O) groups excluding carboxylic acids is 2. The van der Waals surface area contributed by atoms with Crippen LogP contribution in [-0.2, 0) is 23.8 Å². The molecule has 7 nitrogen and oxygen atoms in total. The number of nitrogens with zero attached hydrogens (tertiary/aromatic N) is 1. The third kappa shape index (κ3) is 5.34. The lowest BCUT2D eigenvalue weighted by atomic mass is 9.75. The van der Waals surface area contributed by atoms with Crippen LogP contribution in [0.4, 0.5) is 0 Å². The highest BCUT2D eigenvalue weighted by atomic mass is 35.5. The van der Waals surface area contributed by atoms with Gasteiger partial charge < -0.3 is 19.5 Å². The summed E-state index contributed by atoms with van der Waals surface area (Å²) in [7, 11) is 1.32.